The number of benzene rings is 2. The molecule has 156 valence electrons. The molecule has 2 aromatic carbocycles. The molecule has 7 nitrogen and oxygen atoms in total. The molecule has 0 aliphatic carbocycles. The second-order valence-electron chi connectivity index (χ2n) is 7.18. The molecule has 0 bridgehead atoms. The second-order valence-corrected chi connectivity index (χ2v) is 7.18. The van der Waals surface area contributed by atoms with Gasteiger partial charge in [0.25, 0.3) is 5.91 Å². The van der Waals surface area contributed by atoms with Crippen LogP contribution in [0, 0.1) is 0 Å². The molecule has 30 heavy (non-hydrogen) atoms. The zero-order valence-corrected chi connectivity index (χ0v) is 17.6. The lowest BCUT2D eigenvalue weighted by Gasteiger charge is -2.33. The Hall–Kier alpha value is -3.35. The van der Waals surface area contributed by atoms with Crippen LogP contribution in [0.1, 0.15) is 30.6 Å². The van der Waals surface area contributed by atoms with Crippen molar-refractivity contribution in [1.82, 2.24) is 9.97 Å². The van der Waals surface area contributed by atoms with Crippen LogP contribution in [0.15, 0.2) is 42.5 Å². The third-order valence-electron chi connectivity index (χ3n) is 5.01. The average Bonchev–Trinajstić information content (AvgIpc) is 2.77. The van der Waals surface area contributed by atoms with Crippen molar-refractivity contribution in [3.8, 4) is 11.5 Å². The molecule has 2 heterocycles. The number of fused-ring (bicyclic) bond motifs is 2. The summed E-state index contributed by atoms with van der Waals surface area (Å²) in [7, 11) is 1.97. The van der Waals surface area contributed by atoms with Gasteiger partial charge in [-0.1, -0.05) is 19.1 Å². The molecule has 0 atom stereocenters. The minimum atomic E-state index is -0.128. The first-order valence-electron chi connectivity index (χ1n) is 10.3. The lowest BCUT2D eigenvalue weighted by atomic mass is 10.1. The van der Waals surface area contributed by atoms with Gasteiger partial charge in [-0.3, -0.25) is 9.69 Å². The SMILES string of the molecule is CCCOc1ccc(C(=O)N2CCN(C)c3nc4ccccc4nc32)cc1OCC. The van der Waals surface area contributed by atoms with Crippen LogP contribution >= 0.6 is 0 Å². The third kappa shape index (κ3) is 3.75. The van der Waals surface area contributed by atoms with Gasteiger partial charge in [0.05, 0.1) is 24.2 Å². The third-order valence-corrected chi connectivity index (χ3v) is 5.01. The number of carbonyl (C=O) groups is 1. The van der Waals surface area contributed by atoms with Gasteiger partial charge in [-0.2, -0.15) is 0 Å². The van der Waals surface area contributed by atoms with Crippen LogP contribution in [0.25, 0.3) is 11.0 Å². The standard InChI is InChI=1S/C23H26N4O3/c1-4-14-30-19-11-10-16(15-20(19)29-5-2)23(28)27-13-12-26(3)21-22(27)25-18-9-7-6-8-17(18)24-21/h6-11,15H,4-5,12-14H2,1-3H3. The molecule has 0 N–H and O–H groups in total. The number of hydrogen-bond donors (Lipinski definition) is 0. The Balaban J connectivity index is 1.71. The zero-order chi connectivity index (χ0) is 21.1. The number of likely N-dealkylation sites (N-methyl/N-ethyl adjacent to an activating group) is 1. The van der Waals surface area contributed by atoms with Crippen molar-refractivity contribution in [3.63, 3.8) is 0 Å². The van der Waals surface area contributed by atoms with E-state index >= 15 is 0 Å². The van der Waals surface area contributed by atoms with E-state index in [1.807, 2.05) is 50.1 Å². The van der Waals surface area contributed by atoms with Crippen molar-refractivity contribution < 1.29 is 14.3 Å². The van der Waals surface area contributed by atoms with Crippen LogP contribution in [0.4, 0.5) is 11.6 Å². The lowest BCUT2D eigenvalue weighted by Crippen LogP contribution is -2.43. The number of amides is 1. The van der Waals surface area contributed by atoms with E-state index in [2.05, 4.69) is 0 Å². The van der Waals surface area contributed by atoms with E-state index in [1.165, 1.54) is 0 Å². The minimum absolute atomic E-state index is 0.128. The summed E-state index contributed by atoms with van der Waals surface area (Å²) in [6.07, 6.45) is 0.900. The molecule has 4 rings (SSSR count). The number of ether oxygens (including phenoxy) is 2. The van der Waals surface area contributed by atoms with Gasteiger partial charge in [0.1, 0.15) is 0 Å². The monoisotopic (exact) mass is 406 g/mol. The maximum absolute atomic E-state index is 13.4. The molecule has 0 radical (unpaired) electrons. The fraction of sp³-hybridized carbons (Fsp3) is 0.348. The zero-order valence-electron chi connectivity index (χ0n) is 17.6. The van der Waals surface area contributed by atoms with Crippen molar-refractivity contribution in [2.24, 2.45) is 0 Å². The summed E-state index contributed by atoms with van der Waals surface area (Å²) in [5, 5.41) is 0. The number of para-hydroxylation sites is 2. The van der Waals surface area contributed by atoms with Gasteiger partial charge in [-0.25, -0.2) is 9.97 Å². The fourth-order valence-corrected chi connectivity index (χ4v) is 3.47. The van der Waals surface area contributed by atoms with Gasteiger partial charge in [0.2, 0.25) is 0 Å². The molecule has 0 spiro atoms. The van der Waals surface area contributed by atoms with E-state index < -0.39 is 0 Å². The first-order chi connectivity index (χ1) is 14.6. The van der Waals surface area contributed by atoms with Gasteiger partial charge in [-0.05, 0) is 43.7 Å². The Morgan fingerprint density at radius 3 is 2.40 bits per heavy atom. The number of nitrogens with zero attached hydrogens (tertiary/aromatic N) is 4. The Morgan fingerprint density at radius 1 is 0.967 bits per heavy atom. The van der Waals surface area contributed by atoms with Crippen molar-refractivity contribution in [2.45, 2.75) is 20.3 Å². The largest absolute Gasteiger partial charge is 0.490 e. The molecule has 0 saturated heterocycles. The van der Waals surface area contributed by atoms with Gasteiger partial charge >= 0.3 is 0 Å². The highest BCUT2D eigenvalue weighted by molar-refractivity contribution is 6.08. The highest BCUT2D eigenvalue weighted by Crippen LogP contribution is 2.33. The number of carbonyl (C=O) groups excluding carboxylic acids is 1. The number of aromatic nitrogens is 2. The van der Waals surface area contributed by atoms with Crippen LogP contribution in [0.5, 0.6) is 11.5 Å². The molecular weight excluding hydrogens is 380 g/mol. The van der Waals surface area contributed by atoms with E-state index in [9.17, 15) is 4.79 Å². The van der Waals surface area contributed by atoms with E-state index in [4.69, 9.17) is 19.4 Å². The van der Waals surface area contributed by atoms with Gasteiger partial charge in [0.15, 0.2) is 23.1 Å². The van der Waals surface area contributed by atoms with Crippen molar-refractivity contribution in [2.75, 3.05) is 43.2 Å². The van der Waals surface area contributed by atoms with Gasteiger partial charge in [0, 0.05) is 25.7 Å². The number of anilines is 2. The summed E-state index contributed by atoms with van der Waals surface area (Å²) in [4.78, 5) is 26.7. The van der Waals surface area contributed by atoms with E-state index in [-0.39, 0.29) is 5.91 Å². The molecule has 1 amide bonds. The molecule has 1 aromatic heterocycles. The molecule has 1 aliphatic heterocycles. The Morgan fingerprint density at radius 2 is 1.70 bits per heavy atom. The van der Waals surface area contributed by atoms with E-state index in [1.54, 1.807) is 23.1 Å². The Bertz CT molecular complexity index is 1070. The summed E-state index contributed by atoms with van der Waals surface area (Å²) in [6, 6.07) is 13.0. The topological polar surface area (TPSA) is 67.8 Å². The van der Waals surface area contributed by atoms with Crippen molar-refractivity contribution in [3.05, 3.63) is 48.0 Å². The summed E-state index contributed by atoms with van der Waals surface area (Å²) in [5.41, 5.74) is 2.11. The molecule has 3 aromatic rings. The van der Waals surface area contributed by atoms with Gasteiger partial charge < -0.3 is 14.4 Å². The van der Waals surface area contributed by atoms with Crippen LogP contribution in [-0.4, -0.2) is 49.2 Å². The molecule has 0 saturated carbocycles. The maximum atomic E-state index is 13.4. The Labute approximate surface area is 176 Å². The molecule has 1 aliphatic rings. The summed E-state index contributed by atoms with van der Waals surface area (Å²) < 4.78 is 11.5. The van der Waals surface area contributed by atoms with Gasteiger partial charge in [-0.15, -0.1) is 0 Å². The van der Waals surface area contributed by atoms with Crippen molar-refractivity contribution in [1.29, 1.82) is 0 Å². The first-order valence-corrected chi connectivity index (χ1v) is 10.3. The van der Waals surface area contributed by atoms with Crippen LogP contribution < -0.4 is 19.3 Å². The number of rotatable bonds is 6. The van der Waals surface area contributed by atoms with E-state index in [0.29, 0.717) is 55.0 Å². The first kappa shape index (κ1) is 19.9. The molecule has 7 heteroatoms. The lowest BCUT2D eigenvalue weighted by molar-refractivity contribution is 0.0985. The number of hydrogen-bond acceptors (Lipinski definition) is 6. The fourth-order valence-electron chi connectivity index (χ4n) is 3.47. The summed E-state index contributed by atoms with van der Waals surface area (Å²) in [5.74, 6) is 2.39. The predicted molar refractivity (Wildman–Crippen MR) is 118 cm³/mol. The Kier molecular flexibility index (Phi) is 5.70. The van der Waals surface area contributed by atoms with Crippen LogP contribution in [0.2, 0.25) is 0 Å². The molecular formula is C23H26N4O3. The van der Waals surface area contributed by atoms with Crippen LogP contribution in [-0.2, 0) is 0 Å². The average molecular weight is 406 g/mol. The minimum Gasteiger partial charge on any atom is -0.490 e. The quantitative estimate of drug-likeness (QED) is 0.618. The highest BCUT2D eigenvalue weighted by atomic mass is 16.5. The van der Waals surface area contributed by atoms with Crippen molar-refractivity contribution >= 4 is 28.6 Å². The van der Waals surface area contributed by atoms with Crippen LogP contribution in [0.3, 0.4) is 0 Å². The maximum Gasteiger partial charge on any atom is 0.259 e. The normalized spacial score (nSPS) is 13.3. The second kappa shape index (κ2) is 8.57. The highest BCUT2D eigenvalue weighted by Gasteiger charge is 2.29. The summed E-state index contributed by atoms with van der Waals surface area (Å²) in [6.45, 7) is 6.27. The molecule has 0 fully saturated rings. The molecule has 0 unspecified atom stereocenters. The van der Waals surface area contributed by atoms with E-state index in [0.717, 1.165) is 17.5 Å². The summed E-state index contributed by atoms with van der Waals surface area (Å²) >= 11 is 0. The smallest absolute Gasteiger partial charge is 0.259 e. The predicted octanol–water partition coefficient (Wildman–Crippen LogP) is 3.91.